The summed E-state index contributed by atoms with van der Waals surface area (Å²) in [7, 11) is 0. The molecule has 0 bridgehead atoms. The topological polar surface area (TPSA) is 67.9 Å². The Morgan fingerprint density at radius 2 is 2.30 bits per heavy atom. The van der Waals surface area contributed by atoms with Gasteiger partial charge in [-0.2, -0.15) is 10.4 Å². The van der Waals surface area contributed by atoms with Gasteiger partial charge in [0.05, 0.1) is 24.3 Å². The number of ether oxygens (including phenoxy) is 1. The first-order chi connectivity index (χ1) is 9.67. The molecule has 102 valence electrons. The molecule has 5 nitrogen and oxygen atoms in total. The van der Waals surface area contributed by atoms with Crippen LogP contribution in [0.2, 0.25) is 0 Å². The SMILES string of the molecule is CCOC(=O)c1ccnn1C(C)c1cccc(C#N)c1. The Balaban J connectivity index is 2.34. The number of benzene rings is 1. The first-order valence-electron chi connectivity index (χ1n) is 6.38. The Bertz CT molecular complexity index is 655. The maximum atomic E-state index is 11.9. The average molecular weight is 269 g/mol. The van der Waals surface area contributed by atoms with Crippen LogP contribution in [0.3, 0.4) is 0 Å². The van der Waals surface area contributed by atoms with E-state index in [2.05, 4.69) is 11.2 Å². The molecule has 0 spiro atoms. The molecule has 20 heavy (non-hydrogen) atoms. The zero-order chi connectivity index (χ0) is 14.5. The largest absolute Gasteiger partial charge is 0.461 e. The summed E-state index contributed by atoms with van der Waals surface area (Å²) in [5.74, 6) is -0.395. The van der Waals surface area contributed by atoms with E-state index in [1.54, 1.807) is 36.0 Å². The van der Waals surface area contributed by atoms with Gasteiger partial charge in [0.15, 0.2) is 0 Å². The predicted molar refractivity (Wildman–Crippen MR) is 73.2 cm³/mol. The molecule has 1 heterocycles. The van der Waals surface area contributed by atoms with Gasteiger partial charge in [-0.05, 0) is 37.6 Å². The monoisotopic (exact) mass is 269 g/mol. The average Bonchev–Trinajstić information content (AvgIpc) is 2.96. The smallest absolute Gasteiger partial charge is 0.356 e. The van der Waals surface area contributed by atoms with Gasteiger partial charge in [-0.25, -0.2) is 4.79 Å². The third-order valence-electron chi connectivity index (χ3n) is 3.02. The summed E-state index contributed by atoms with van der Waals surface area (Å²) in [5.41, 5.74) is 1.90. The molecule has 0 saturated heterocycles. The van der Waals surface area contributed by atoms with Crippen molar-refractivity contribution in [1.29, 1.82) is 5.26 Å². The molecule has 0 saturated carbocycles. The van der Waals surface area contributed by atoms with Crippen molar-refractivity contribution in [2.75, 3.05) is 6.61 Å². The Morgan fingerprint density at radius 1 is 1.50 bits per heavy atom. The molecule has 2 aromatic rings. The zero-order valence-electron chi connectivity index (χ0n) is 11.4. The molecule has 1 aromatic carbocycles. The highest BCUT2D eigenvalue weighted by atomic mass is 16.5. The Hall–Kier alpha value is -2.61. The van der Waals surface area contributed by atoms with Crippen LogP contribution in [0.5, 0.6) is 0 Å². The van der Waals surface area contributed by atoms with E-state index in [9.17, 15) is 4.79 Å². The van der Waals surface area contributed by atoms with Gasteiger partial charge < -0.3 is 4.74 Å². The van der Waals surface area contributed by atoms with Crippen LogP contribution in [0.1, 0.15) is 41.5 Å². The summed E-state index contributed by atoms with van der Waals surface area (Å²) in [4.78, 5) is 11.9. The highest BCUT2D eigenvalue weighted by Gasteiger charge is 2.18. The second kappa shape index (κ2) is 6.02. The molecule has 1 aromatic heterocycles. The van der Waals surface area contributed by atoms with Gasteiger partial charge in [0.25, 0.3) is 0 Å². The Kier molecular flexibility index (Phi) is 4.16. The molecule has 5 heteroatoms. The van der Waals surface area contributed by atoms with Crippen LogP contribution in [0.4, 0.5) is 0 Å². The van der Waals surface area contributed by atoms with Crippen LogP contribution < -0.4 is 0 Å². The highest BCUT2D eigenvalue weighted by Crippen LogP contribution is 2.20. The molecule has 0 aliphatic rings. The summed E-state index contributed by atoms with van der Waals surface area (Å²) in [6.45, 7) is 4.01. The van der Waals surface area contributed by atoms with Gasteiger partial charge in [-0.15, -0.1) is 0 Å². The lowest BCUT2D eigenvalue weighted by atomic mass is 10.1. The normalized spacial score (nSPS) is 11.7. The summed E-state index contributed by atoms with van der Waals surface area (Å²) in [5, 5.41) is 13.1. The van der Waals surface area contributed by atoms with E-state index in [0.29, 0.717) is 17.9 Å². The number of rotatable bonds is 4. The lowest BCUT2D eigenvalue weighted by Crippen LogP contribution is -2.17. The third kappa shape index (κ3) is 2.69. The van der Waals surface area contributed by atoms with Crippen LogP contribution in [0, 0.1) is 11.3 Å². The third-order valence-corrected chi connectivity index (χ3v) is 3.02. The second-order valence-electron chi connectivity index (χ2n) is 4.29. The van der Waals surface area contributed by atoms with E-state index in [-0.39, 0.29) is 6.04 Å². The first-order valence-corrected chi connectivity index (χ1v) is 6.38. The molecule has 0 amide bonds. The Labute approximate surface area is 117 Å². The molecule has 0 aliphatic heterocycles. The lowest BCUT2D eigenvalue weighted by molar-refractivity contribution is 0.0510. The molecule has 1 atom stereocenters. The number of nitriles is 1. The maximum Gasteiger partial charge on any atom is 0.356 e. The summed E-state index contributed by atoms with van der Waals surface area (Å²) in [6.07, 6.45) is 1.57. The van der Waals surface area contributed by atoms with Crippen LogP contribution in [0.25, 0.3) is 0 Å². The van der Waals surface area contributed by atoms with Crippen molar-refractivity contribution in [2.24, 2.45) is 0 Å². The van der Waals surface area contributed by atoms with Crippen molar-refractivity contribution >= 4 is 5.97 Å². The maximum absolute atomic E-state index is 11.9. The van der Waals surface area contributed by atoms with Crippen LogP contribution in [-0.4, -0.2) is 22.4 Å². The van der Waals surface area contributed by atoms with Crippen molar-refractivity contribution in [3.63, 3.8) is 0 Å². The highest BCUT2D eigenvalue weighted by molar-refractivity contribution is 5.87. The second-order valence-corrected chi connectivity index (χ2v) is 4.29. The molecule has 0 aliphatic carbocycles. The number of hydrogen-bond acceptors (Lipinski definition) is 4. The van der Waals surface area contributed by atoms with E-state index in [1.807, 2.05) is 19.1 Å². The molecule has 0 radical (unpaired) electrons. The van der Waals surface area contributed by atoms with Crippen molar-refractivity contribution in [2.45, 2.75) is 19.9 Å². The minimum atomic E-state index is -0.395. The molecule has 1 unspecified atom stereocenters. The van der Waals surface area contributed by atoms with Crippen molar-refractivity contribution in [3.8, 4) is 6.07 Å². The molecular weight excluding hydrogens is 254 g/mol. The van der Waals surface area contributed by atoms with Crippen LogP contribution >= 0.6 is 0 Å². The van der Waals surface area contributed by atoms with Crippen molar-refractivity contribution in [3.05, 3.63) is 53.3 Å². The number of aromatic nitrogens is 2. The summed E-state index contributed by atoms with van der Waals surface area (Å²) in [6, 6.07) is 10.8. The summed E-state index contributed by atoms with van der Waals surface area (Å²) >= 11 is 0. The number of carbonyl (C=O) groups excluding carboxylic acids is 1. The van der Waals surface area contributed by atoms with Gasteiger partial charge in [-0.1, -0.05) is 12.1 Å². The van der Waals surface area contributed by atoms with E-state index in [1.165, 1.54) is 0 Å². The Morgan fingerprint density at radius 3 is 3.00 bits per heavy atom. The van der Waals surface area contributed by atoms with Gasteiger partial charge in [-0.3, -0.25) is 4.68 Å². The van der Waals surface area contributed by atoms with Gasteiger partial charge in [0.1, 0.15) is 5.69 Å². The first kappa shape index (κ1) is 13.8. The van der Waals surface area contributed by atoms with Gasteiger partial charge in [0, 0.05) is 6.20 Å². The number of hydrogen-bond donors (Lipinski definition) is 0. The number of carbonyl (C=O) groups is 1. The van der Waals surface area contributed by atoms with Crippen molar-refractivity contribution in [1.82, 2.24) is 9.78 Å². The van der Waals surface area contributed by atoms with E-state index in [0.717, 1.165) is 5.56 Å². The fourth-order valence-electron chi connectivity index (χ4n) is 2.00. The van der Waals surface area contributed by atoms with Crippen molar-refractivity contribution < 1.29 is 9.53 Å². The van der Waals surface area contributed by atoms with Gasteiger partial charge in [0.2, 0.25) is 0 Å². The standard InChI is InChI=1S/C15H15N3O2/c1-3-20-15(19)14-7-8-17-18(14)11(2)13-6-4-5-12(9-13)10-16/h4-9,11H,3H2,1-2H3. The van der Waals surface area contributed by atoms with Crippen LogP contribution in [0.15, 0.2) is 36.5 Å². The fourth-order valence-corrected chi connectivity index (χ4v) is 2.00. The lowest BCUT2D eigenvalue weighted by Gasteiger charge is -2.15. The van der Waals surface area contributed by atoms with Gasteiger partial charge >= 0.3 is 5.97 Å². The van der Waals surface area contributed by atoms with E-state index >= 15 is 0 Å². The minimum Gasteiger partial charge on any atom is -0.461 e. The van der Waals surface area contributed by atoms with E-state index < -0.39 is 5.97 Å². The molecule has 2 rings (SSSR count). The predicted octanol–water partition coefficient (Wildman–Crippen LogP) is 2.54. The van der Waals surface area contributed by atoms with E-state index in [4.69, 9.17) is 10.00 Å². The number of esters is 1. The fraction of sp³-hybridized carbons (Fsp3) is 0.267. The zero-order valence-corrected chi connectivity index (χ0v) is 11.4. The minimum absolute atomic E-state index is 0.155. The molecule has 0 N–H and O–H groups in total. The molecular formula is C15H15N3O2. The summed E-state index contributed by atoms with van der Waals surface area (Å²) < 4.78 is 6.61. The number of nitrogens with zero attached hydrogens (tertiary/aromatic N) is 3. The molecule has 0 fully saturated rings. The van der Waals surface area contributed by atoms with Crippen LogP contribution in [-0.2, 0) is 4.74 Å². The quantitative estimate of drug-likeness (QED) is 0.800.